The van der Waals surface area contributed by atoms with Gasteiger partial charge < -0.3 is 0 Å². The summed E-state index contributed by atoms with van der Waals surface area (Å²) in [6, 6.07) is 15.5. The summed E-state index contributed by atoms with van der Waals surface area (Å²) in [5.41, 5.74) is 11.1. The van der Waals surface area contributed by atoms with Crippen molar-refractivity contribution < 1.29 is 0 Å². The second kappa shape index (κ2) is 6.05. The SMILES string of the molecule is [N-]=[N+]=Nc1ccc(/C=C/c2ccc(Br)cc2)cc1. The Morgan fingerprint density at radius 3 is 1.89 bits per heavy atom. The van der Waals surface area contributed by atoms with Crippen LogP contribution in [0.15, 0.2) is 58.1 Å². The van der Waals surface area contributed by atoms with Gasteiger partial charge in [-0.15, -0.1) is 0 Å². The minimum Gasteiger partial charge on any atom is -0.0608 e. The molecular weight excluding hydrogens is 290 g/mol. The summed E-state index contributed by atoms with van der Waals surface area (Å²) in [5.74, 6) is 0. The summed E-state index contributed by atoms with van der Waals surface area (Å²) in [6.45, 7) is 0. The van der Waals surface area contributed by atoms with Crippen LogP contribution in [0.3, 0.4) is 0 Å². The van der Waals surface area contributed by atoms with E-state index in [0.29, 0.717) is 5.69 Å². The van der Waals surface area contributed by atoms with E-state index in [1.54, 1.807) is 12.1 Å². The van der Waals surface area contributed by atoms with E-state index in [1.165, 1.54) is 0 Å². The molecule has 0 N–H and O–H groups in total. The summed E-state index contributed by atoms with van der Waals surface area (Å²) in [4.78, 5) is 2.74. The molecule has 0 saturated carbocycles. The normalized spacial score (nSPS) is 10.3. The molecule has 88 valence electrons. The summed E-state index contributed by atoms with van der Waals surface area (Å²) in [6.07, 6.45) is 4.05. The number of hydrogen-bond donors (Lipinski definition) is 0. The molecule has 2 aromatic carbocycles. The van der Waals surface area contributed by atoms with E-state index in [2.05, 4.69) is 26.0 Å². The monoisotopic (exact) mass is 299 g/mol. The van der Waals surface area contributed by atoms with Crippen molar-refractivity contribution in [2.24, 2.45) is 5.11 Å². The molecule has 0 amide bonds. The van der Waals surface area contributed by atoms with E-state index in [-0.39, 0.29) is 0 Å². The van der Waals surface area contributed by atoms with E-state index in [0.717, 1.165) is 15.6 Å². The van der Waals surface area contributed by atoms with Crippen LogP contribution in [0.1, 0.15) is 11.1 Å². The van der Waals surface area contributed by atoms with Crippen LogP contribution in [-0.4, -0.2) is 0 Å². The summed E-state index contributed by atoms with van der Waals surface area (Å²) >= 11 is 3.40. The highest BCUT2D eigenvalue weighted by molar-refractivity contribution is 9.10. The van der Waals surface area contributed by atoms with Crippen LogP contribution in [0, 0.1) is 0 Å². The highest BCUT2D eigenvalue weighted by atomic mass is 79.9. The molecule has 0 aromatic heterocycles. The second-order valence-corrected chi connectivity index (χ2v) is 4.58. The summed E-state index contributed by atoms with van der Waals surface area (Å²) < 4.78 is 1.07. The van der Waals surface area contributed by atoms with Gasteiger partial charge in [-0.05, 0) is 28.8 Å². The van der Waals surface area contributed by atoms with Crippen LogP contribution in [-0.2, 0) is 0 Å². The molecule has 0 aliphatic rings. The van der Waals surface area contributed by atoms with Gasteiger partial charge in [0.2, 0.25) is 0 Å². The molecule has 0 saturated heterocycles. The van der Waals surface area contributed by atoms with Crippen molar-refractivity contribution in [3.63, 3.8) is 0 Å². The Morgan fingerprint density at radius 2 is 1.39 bits per heavy atom. The zero-order chi connectivity index (χ0) is 12.8. The molecule has 3 nitrogen and oxygen atoms in total. The van der Waals surface area contributed by atoms with Gasteiger partial charge >= 0.3 is 0 Å². The number of halogens is 1. The van der Waals surface area contributed by atoms with Crippen molar-refractivity contribution in [2.45, 2.75) is 0 Å². The molecule has 0 fully saturated rings. The van der Waals surface area contributed by atoms with Crippen molar-refractivity contribution in [1.29, 1.82) is 0 Å². The Kier molecular flexibility index (Phi) is 4.18. The maximum atomic E-state index is 8.30. The second-order valence-electron chi connectivity index (χ2n) is 3.67. The van der Waals surface area contributed by atoms with Crippen molar-refractivity contribution in [3.05, 3.63) is 74.6 Å². The highest BCUT2D eigenvalue weighted by Crippen LogP contribution is 2.16. The number of nitrogens with zero attached hydrogens (tertiary/aromatic N) is 3. The third-order valence-electron chi connectivity index (χ3n) is 2.39. The lowest BCUT2D eigenvalue weighted by atomic mass is 10.1. The maximum absolute atomic E-state index is 8.30. The van der Waals surface area contributed by atoms with Crippen LogP contribution in [0.5, 0.6) is 0 Å². The fourth-order valence-electron chi connectivity index (χ4n) is 1.47. The first-order valence-electron chi connectivity index (χ1n) is 5.37. The average molecular weight is 300 g/mol. The van der Waals surface area contributed by atoms with Gasteiger partial charge in [0.15, 0.2) is 0 Å². The molecule has 18 heavy (non-hydrogen) atoms. The van der Waals surface area contributed by atoms with Gasteiger partial charge in [0.25, 0.3) is 0 Å². The van der Waals surface area contributed by atoms with Crippen LogP contribution >= 0.6 is 15.9 Å². The largest absolute Gasteiger partial charge is 0.0608 e. The van der Waals surface area contributed by atoms with E-state index in [1.807, 2.05) is 48.6 Å². The van der Waals surface area contributed by atoms with Gasteiger partial charge in [-0.2, -0.15) is 0 Å². The van der Waals surface area contributed by atoms with Gasteiger partial charge in [0.05, 0.1) is 0 Å². The molecule has 2 rings (SSSR count). The molecule has 0 spiro atoms. The first-order chi connectivity index (χ1) is 8.78. The molecule has 0 aliphatic heterocycles. The van der Waals surface area contributed by atoms with E-state index in [4.69, 9.17) is 5.53 Å². The lowest BCUT2D eigenvalue weighted by molar-refractivity contribution is 1.47. The van der Waals surface area contributed by atoms with Crippen LogP contribution in [0.2, 0.25) is 0 Å². The van der Waals surface area contributed by atoms with Crippen LogP contribution in [0.25, 0.3) is 22.6 Å². The predicted molar refractivity (Wildman–Crippen MR) is 78.3 cm³/mol. The number of azide groups is 1. The molecular formula is C14H10BrN3. The number of benzene rings is 2. The maximum Gasteiger partial charge on any atom is 0.0375 e. The lowest BCUT2D eigenvalue weighted by Crippen LogP contribution is -1.72. The van der Waals surface area contributed by atoms with Gasteiger partial charge in [0.1, 0.15) is 0 Å². The van der Waals surface area contributed by atoms with Gasteiger partial charge in [0, 0.05) is 15.1 Å². The van der Waals surface area contributed by atoms with E-state index in [9.17, 15) is 0 Å². The topological polar surface area (TPSA) is 48.8 Å². The number of hydrogen-bond acceptors (Lipinski definition) is 1. The van der Waals surface area contributed by atoms with E-state index >= 15 is 0 Å². The lowest BCUT2D eigenvalue weighted by Gasteiger charge is -1.96. The van der Waals surface area contributed by atoms with Crippen molar-refractivity contribution in [1.82, 2.24) is 0 Å². The standard InChI is InChI=1S/C14H10BrN3/c15-13-7-3-11(4-8-13)1-2-12-5-9-14(10-6-12)17-18-16/h1-10H/b2-1+. The third-order valence-corrected chi connectivity index (χ3v) is 2.92. The van der Waals surface area contributed by atoms with Crippen LogP contribution in [0.4, 0.5) is 5.69 Å². The van der Waals surface area contributed by atoms with Gasteiger partial charge in [-0.3, -0.25) is 0 Å². The molecule has 0 radical (unpaired) electrons. The van der Waals surface area contributed by atoms with Crippen molar-refractivity contribution in [3.8, 4) is 0 Å². The Bertz CT molecular complexity index is 594. The highest BCUT2D eigenvalue weighted by Gasteiger charge is 1.90. The minimum absolute atomic E-state index is 0.623. The summed E-state index contributed by atoms with van der Waals surface area (Å²) in [5, 5.41) is 3.53. The number of rotatable bonds is 3. The molecule has 0 heterocycles. The smallest absolute Gasteiger partial charge is 0.0375 e. The summed E-state index contributed by atoms with van der Waals surface area (Å²) in [7, 11) is 0. The molecule has 0 aliphatic carbocycles. The van der Waals surface area contributed by atoms with Gasteiger partial charge in [-0.1, -0.05) is 69.6 Å². The molecule has 0 bridgehead atoms. The third kappa shape index (κ3) is 3.48. The van der Waals surface area contributed by atoms with Crippen molar-refractivity contribution in [2.75, 3.05) is 0 Å². The van der Waals surface area contributed by atoms with E-state index < -0.39 is 0 Å². The Morgan fingerprint density at radius 1 is 0.889 bits per heavy atom. The predicted octanol–water partition coefficient (Wildman–Crippen LogP) is 5.56. The fraction of sp³-hybridized carbons (Fsp3) is 0. The zero-order valence-electron chi connectivity index (χ0n) is 9.49. The first-order valence-corrected chi connectivity index (χ1v) is 6.16. The minimum atomic E-state index is 0.623. The Hall–Kier alpha value is -2.03. The quantitative estimate of drug-likeness (QED) is 0.308. The molecule has 2 aromatic rings. The molecule has 0 atom stereocenters. The van der Waals surface area contributed by atoms with Crippen LogP contribution < -0.4 is 0 Å². The zero-order valence-corrected chi connectivity index (χ0v) is 11.1. The Labute approximate surface area is 114 Å². The van der Waals surface area contributed by atoms with Gasteiger partial charge in [-0.25, -0.2) is 0 Å². The fourth-order valence-corrected chi connectivity index (χ4v) is 1.73. The first kappa shape index (κ1) is 12.4. The average Bonchev–Trinajstić information content (AvgIpc) is 2.40. The molecule has 4 heteroatoms. The molecule has 0 unspecified atom stereocenters. The Balaban J connectivity index is 2.13. The van der Waals surface area contributed by atoms with Crippen molar-refractivity contribution >= 4 is 33.8 Å².